The summed E-state index contributed by atoms with van der Waals surface area (Å²) in [6.07, 6.45) is 1.14. The summed E-state index contributed by atoms with van der Waals surface area (Å²) in [7, 11) is 1.60. The van der Waals surface area contributed by atoms with Crippen LogP contribution in [0, 0.1) is 10.8 Å². The van der Waals surface area contributed by atoms with Gasteiger partial charge in [-0.3, -0.25) is 0 Å². The number of rotatable bonds is 2. The van der Waals surface area contributed by atoms with Gasteiger partial charge >= 0.3 is 0 Å². The van der Waals surface area contributed by atoms with Crippen LogP contribution < -0.4 is 0 Å². The van der Waals surface area contributed by atoms with Crippen LogP contribution in [0.5, 0.6) is 0 Å². The van der Waals surface area contributed by atoms with Crippen molar-refractivity contribution in [2.24, 2.45) is 16.0 Å². The van der Waals surface area contributed by atoms with Crippen molar-refractivity contribution >= 4 is 5.71 Å². The molecule has 0 unspecified atom stereocenters. The van der Waals surface area contributed by atoms with Gasteiger partial charge in [0.05, 0.1) is 5.71 Å². The lowest BCUT2D eigenvalue weighted by molar-refractivity contribution is 0.180. The third-order valence-corrected chi connectivity index (χ3v) is 4.04. The molecule has 0 heterocycles. The number of oxime groups is 1. The fraction of sp³-hybridized carbons (Fsp3) is 0.769. The van der Waals surface area contributed by atoms with Gasteiger partial charge in [0.25, 0.3) is 0 Å². The second-order valence-corrected chi connectivity index (χ2v) is 5.70. The van der Waals surface area contributed by atoms with Crippen LogP contribution in [0.2, 0.25) is 0 Å². The first-order valence-electron chi connectivity index (χ1n) is 5.52. The highest BCUT2D eigenvalue weighted by Gasteiger charge is 2.46. The molecular weight excluding hydrogens is 186 g/mol. The van der Waals surface area contributed by atoms with E-state index >= 15 is 0 Å². The molecule has 15 heavy (non-hydrogen) atoms. The van der Waals surface area contributed by atoms with Crippen molar-refractivity contribution in [3.05, 3.63) is 11.1 Å². The Morgan fingerprint density at radius 3 is 2.13 bits per heavy atom. The summed E-state index contributed by atoms with van der Waals surface area (Å²) in [5.41, 5.74) is 4.31. The van der Waals surface area contributed by atoms with E-state index in [1.165, 1.54) is 11.1 Å². The Kier molecular flexibility index (Phi) is 2.99. The molecule has 0 spiro atoms. The van der Waals surface area contributed by atoms with E-state index in [0.717, 1.165) is 12.1 Å². The molecule has 2 nitrogen and oxygen atoms in total. The maximum atomic E-state index is 4.88. The van der Waals surface area contributed by atoms with Gasteiger partial charge < -0.3 is 4.84 Å². The molecule has 2 heteroatoms. The molecule has 0 N–H and O–H groups in total. The third-order valence-electron chi connectivity index (χ3n) is 4.04. The Bertz CT molecular complexity index is 321. The van der Waals surface area contributed by atoms with Crippen LogP contribution in [0.25, 0.3) is 0 Å². The van der Waals surface area contributed by atoms with E-state index in [1.807, 2.05) is 6.92 Å². The molecule has 0 amide bonds. The maximum Gasteiger partial charge on any atom is 0.106 e. The van der Waals surface area contributed by atoms with Gasteiger partial charge in [-0.15, -0.1) is 0 Å². The lowest BCUT2D eigenvalue weighted by Gasteiger charge is -2.37. The summed E-state index contributed by atoms with van der Waals surface area (Å²) < 4.78 is 0. The first kappa shape index (κ1) is 12.3. The molecule has 0 saturated carbocycles. The van der Waals surface area contributed by atoms with Gasteiger partial charge in [-0.05, 0) is 36.7 Å². The lowest BCUT2D eigenvalue weighted by atomic mass is 9.67. The lowest BCUT2D eigenvalue weighted by Crippen LogP contribution is -2.31. The normalized spacial score (nSPS) is 24.6. The number of nitrogens with zero attached hydrogens (tertiary/aromatic N) is 1. The van der Waals surface area contributed by atoms with Crippen LogP contribution in [0.1, 0.15) is 48.0 Å². The first-order valence-corrected chi connectivity index (χ1v) is 5.52. The van der Waals surface area contributed by atoms with Crippen LogP contribution in [0.4, 0.5) is 0 Å². The molecule has 1 aliphatic carbocycles. The molecule has 0 saturated heterocycles. The monoisotopic (exact) mass is 209 g/mol. The maximum absolute atomic E-state index is 4.88. The van der Waals surface area contributed by atoms with Crippen LogP contribution in [0.15, 0.2) is 16.3 Å². The summed E-state index contributed by atoms with van der Waals surface area (Å²) in [5.74, 6) is 0. The number of allylic oxidation sites excluding steroid dienone is 2. The van der Waals surface area contributed by atoms with E-state index in [2.05, 4.69) is 39.8 Å². The molecule has 0 bridgehead atoms. The summed E-state index contributed by atoms with van der Waals surface area (Å²) in [4.78, 5) is 4.88. The summed E-state index contributed by atoms with van der Waals surface area (Å²) in [5, 5.41) is 4.08. The molecule has 0 aliphatic heterocycles. The predicted molar refractivity (Wildman–Crippen MR) is 65.0 cm³/mol. The number of hydrogen-bond donors (Lipinski definition) is 0. The van der Waals surface area contributed by atoms with E-state index in [9.17, 15) is 0 Å². The van der Waals surface area contributed by atoms with Gasteiger partial charge in [0, 0.05) is 0 Å². The standard InChI is InChI=1S/C13H23NO/c1-9-8-12(3,4)13(5,6)11(9)10(2)14-15-7/h8H2,1-7H3/b14-10+. The van der Waals surface area contributed by atoms with Crippen molar-refractivity contribution in [3.63, 3.8) is 0 Å². The highest BCUT2D eigenvalue weighted by atomic mass is 16.6. The molecule has 1 aliphatic rings. The van der Waals surface area contributed by atoms with Crippen LogP contribution in [-0.2, 0) is 4.84 Å². The third kappa shape index (κ3) is 1.82. The summed E-state index contributed by atoms with van der Waals surface area (Å²) in [6, 6.07) is 0. The van der Waals surface area contributed by atoms with Crippen LogP contribution in [-0.4, -0.2) is 12.8 Å². The van der Waals surface area contributed by atoms with Crippen molar-refractivity contribution in [2.45, 2.75) is 48.0 Å². The Morgan fingerprint density at radius 1 is 1.27 bits per heavy atom. The van der Waals surface area contributed by atoms with Crippen molar-refractivity contribution in [2.75, 3.05) is 7.11 Å². The molecule has 0 aromatic carbocycles. The minimum absolute atomic E-state index is 0.170. The van der Waals surface area contributed by atoms with Gasteiger partial charge in [-0.2, -0.15) is 0 Å². The second-order valence-electron chi connectivity index (χ2n) is 5.70. The molecule has 0 radical (unpaired) electrons. The molecule has 86 valence electrons. The SMILES string of the molecule is CO/N=C(\C)C1=C(C)CC(C)(C)C1(C)C. The molecule has 0 fully saturated rings. The first-order chi connectivity index (χ1) is 6.74. The molecular formula is C13H23NO. The van der Waals surface area contributed by atoms with E-state index in [1.54, 1.807) is 7.11 Å². The van der Waals surface area contributed by atoms with Gasteiger partial charge in [0.2, 0.25) is 0 Å². The van der Waals surface area contributed by atoms with E-state index in [4.69, 9.17) is 4.84 Å². The molecule has 1 rings (SSSR count). The van der Waals surface area contributed by atoms with Gasteiger partial charge in [-0.25, -0.2) is 0 Å². The summed E-state index contributed by atoms with van der Waals surface area (Å²) >= 11 is 0. The minimum atomic E-state index is 0.170. The van der Waals surface area contributed by atoms with E-state index in [0.29, 0.717) is 5.41 Å². The van der Waals surface area contributed by atoms with Gasteiger partial charge in [0.1, 0.15) is 7.11 Å². The topological polar surface area (TPSA) is 21.6 Å². The highest BCUT2D eigenvalue weighted by molar-refractivity contribution is 6.00. The summed E-state index contributed by atoms with van der Waals surface area (Å²) in [6.45, 7) is 13.5. The van der Waals surface area contributed by atoms with E-state index in [-0.39, 0.29) is 5.41 Å². The molecule has 0 aromatic rings. The fourth-order valence-corrected chi connectivity index (χ4v) is 2.79. The van der Waals surface area contributed by atoms with Gasteiger partial charge in [-0.1, -0.05) is 38.4 Å². The van der Waals surface area contributed by atoms with Crippen LogP contribution >= 0.6 is 0 Å². The van der Waals surface area contributed by atoms with E-state index < -0.39 is 0 Å². The molecule has 0 atom stereocenters. The number of hydrogen-bond acceptors (Lipinski definition) is 2. The van der Waals surface area contributed by atoms with Gasteiger partial charge in [0.15, 0.2) is 0 Å². The van der Waals surface area contributed by atoms with Crippen molar-refractivity contribution in [1.82, 2.24) is 0 Å². The Balaban J connectivity index is 3.19. The minimum Gasteiger partial charge on any atom is -0.399 e. The Hall–Kier alpha value is -0.790. The zero-order valence-electron chi connectivity index (χ0n) is 11.1. The van der Waals surface area contributed by atoms with Crippen molar-refractivity contribution in [1.29, 1.82) is 0 Å². The predicted octanol–water partition coefficient (Wildman–Crippen LogP) is 3.78. The smallest absolute Gasteiger partial charge is 0.106 e. The Morgan fingerprint density at radius 2 is 1.80 bits per heavy atom. The fourth-order valence-electron chi connectivity index (χ4n) is 2.79. The average Bonchev–Trinajstić information content (AvgIpc) is 2.16. The second kappa shape index (κ2) is 3.66. The molecule has 0 aromatic heterocycles. The van der Waals surface area contributed by atoms with Crippen molar-refractivity contribution < 1.29 is 4.84 Å². The van der Waals surface area contributed by atoms with Crippen LogP contribution in [0.3, 0.4) is 0 Å². The average molecular weight is 209 g/mol. The zero-order chi connectivity index (χ0) is 11.9. The Labute approximate surface area is 93.4 Å². The largest absolute Gasteiger partial charge is 0.399 e. The van der Waals surface area contributed by atoms with Crippen molar-refractivity contribution in [3.8, 4) is 0 Å². The highest BCUT2D eigenvalue weighted by Crippen LogP contribution is 2.55. The quantitative estimate of drug-likeness (QED) is 0.501. The zero-order valence-corrected chi connectivity index (χ0v) is 11.1.